The van der Waals surface area contributed by atoms with E-state index in [2.05, 4.69) is 11.9 Å². The lowest BCUT2D eigenvalue weighted by molar-refractivity contribution is 0.0720. The Morgan fingerprint density at radius 1 is 1.78 bits per heavy atom. The van der Waals surface area contributed by atoms with Gasteiger partial charge in [0.25, 0.3) is 0 Å². The number of nitrogens with zero attached hydrogens (tertiary/aromatic N) is 1. The molecule has 1 fully saturated rings. The van der Waals surface area contributed by atoms with Crippen LogP contribution < -0.4 is 0 Å². The average Bonchev–Trinajstić information content (AvgIpc) is 2.17. The second-order valence-electron chi connectivity index (χ2n) is 2.44. The molecule has 0 aromatic carbocycles. The lowest BCUT2D eigenvalue weighted by atomic mass is 10.3. The van der Waals surface area contributed by atoms with Crippen LogP contribution in [0.1, 0.15) is 13.3 Å². The third-order valence-electron chi connectivity index (χ3n) is 1.63. The minimum absolute atomic E-state index is 0.451. The molecule has 1 aliphatic heterocycles. The molecule has 0 spiro atoms. The molecule has 0 aliphatic carbocycles. The smallest absolute Gasteiger partial charge is 0.0689 e. The predicted octanol–water partition coefficient (Wildman–Crippen LogP) is 0.889. The van der Waals surface area contributed by atoms with Crippen LogP contribution in [0, 0.1) is 7.05 Å². The van der Waals surface area contributed by atoms with Crippen molar-refractivity contribution in [2.45, 2.75) is 19.4 Å². The molecule has 1 rings (SSSR count). The summed E-state index contributed by atoms with van der Waals surface area (Å²) in [5.41, 5.74) is 0. The van der Waals surface area contributed by atoms with Crippen LogP contribution in [-0.2, 0) is 4.74 Å². The fraction of sp³-hybridized carbons (Fsp3) is 0.857. The van der Waals surface area contributed by atoms with E-state index in [1.54, 1.807) is 0 Å². The highest BCUT2D eigenvalue weighted by molar-refractivity contribution is 4.74. The Kier molecular flexibility index (Phi) is 2.49. The molecule has 0 amide bonds. The number of hydrogen-bond donors (Lipinski definition) is 0. The van der Waals surface area contributed by atoms with E-state index in [0.29, 0.717) is 6.10 Å². The molecule has 0 bridgehead atoms. The van der Waals surface area contributed by atoms with Crippen LogP contribution in [0.4, 0.5) is 0 Å². The van der Waals surface area contributed by atoms with Crippen molar-refractivity contribution in [3.05, 3.63) is 7.05 Å². The third kappa shape index (κ3) is 1.95. The van der Waals surface area contributed by atoms with Crippen LogP contribution in [0.3, 0.4) is 0 Å². The first-order valence-corrected chi connectivity index (χ1v) is 3.50. The summed E-state index contributed by atoms with van der Waals surface area (Å²) in [5, 5.41) is 0. The van der Waals surface area contributed by atoms with Gasteiger partial charge in [0.15, 0.2) is 0 Å². The van der Waals surface area contributed by atoms with Gasteiger partial charge in [-0.15, -0.1) is 0 Å². The Bertz CT molecular complexity index is 83.0. The Labute approximate surface area is 56.8 Å². The Morgan fingerprint density at radius 2 is 2.56 bits per heavy atom. The minimum atomic E-state index is 0.451. The summed E-state index contributed by atoms with van der Waals surface area (Å²) in [6.45, 7) is 4.96. The van der Waals surface area contributed by atoms with Crippen LogP contribution in [0.15, 0.2) is 0 Å². The third-order valence-corrected chi connectivity index (χ3v) is 1.63. The lowest BCUT2D eigenvalue weighted by Gasteiger charge is -2.16. The maximum Gasteiger partial charge on any atom is 0.0689 e. The summed E-state index contributed by atoms with van der Waals surface area (Å²) in [6, 6.07) is 0. The maximum absolute atomic E-state index is 5.39. The normalized spacial score (nSPS) is 29.3. The molecule has 1 atom stereocenters. The molecule has 1 heterocycles. The quantitative estimate of drug-likeness (QED) is 0.512. The maximum atomic E-state index is 5.39. The van der Waals surface area contributed by atoms with E-state index < -0.39 is 0 Å². The summed E-state index contributed by atoms with van der Waals surface area (Å²) < 4.78 is 5.39. The van der Waals surface area contributed by atoms with Crippen molar-refractivity contribution in [3.8, 4) is 0 Å². The van der Waals surface area contributed by atoms with Crippen LogP contribution >= 0.6 is 0 Å². The summed E-state index contributed by atoms with van der Waals surface area (Å²) in [5.74, 6) is 0. The van der Waals surface area contributed by atoms with Crippen LogP contribution in [-0.4, -0.2) is 30.7 Å². The molecular formula is C7H14NO-. The van der Waals surface area contributed by atoms with Crippen LogP contribution in [0.2, 0.25) is 0 Å². The largest absolute Gasteiger partial charge is 0.457 e. The molecule has 0 aromatic rings. The first kappa shape index (κ1) is 7.03. The highest BCUT2D eigenvalue weighted by Gasteiger charge is 2.14. The molecule has 0 saturated carbocycles. The Morgan fingerprint density at radius 3 is 3.00 bits per heavy atom. The van der Waals surface area contributed by atoms with Crippen molar-refractivity contribution in [1.29, 1.82) is 0 Å². The second kappa shape index (κ2) is 3.18. The number of ether oxygens (including phenoxy) is 1. The van der Waals surface area contributed by atoms with Gasteiger partial charge in [0.05, 0.1) is 6.10 Å². The van der Waals surface area contributed by atoms with Crippen molar-refractivity contribution in [2.75, 3.05) is 19.7 Å². The van der Waals surface area contributed by atoms with Gasteiger partial charge in [0.1, 0.15) is 0 Å². The first-order valence-electron chi connectivity index (χ1n) is 3.50. The van der Waals surface area contributed by atoms with E-state index in [9.17, 15) is 0 Å². The molecule has 9 heavy (non-hydrogen) atoms. The van der Waals surface area contributed by atoms with Gasteiger partial charge in [-0.3, -0.25) is 7.05 Å². The Hall–Kier alpha value is -0.0800. The second-order valence-corrected chi connectivity index (χ2v) is 2.44. The predicted molar refractivity (Wildman–Crippen MR) is 37.0 cm³/mol. The van der Waals surface area contributed by atoms with Crippen LogP contribution in [0.25, 0.3) is 0 Å². The van der Waals surface area contributed by atoms with Gasteiger partial charge in [-0.2, -0.15) is 0 Å². The zero-order valence-electron chi connectivity index (χ0n) is 5.97. The standard InChI is InChI=1S/C7H14NO/c1-3-9-7-4-5-8(2)6-7/h7H,2-6H2,1H3/q-1/t7-/m1/s1. The zero-order chi connectivity index (χ0) is 6.69. The first-order chi connectivity index (χ1) is 4.33. The van der Waals surface area contributed by atoms with Gasteiger partial charge in [-0.05, 0) is 26.4 Å². The van der Waals surface area contributed by atoms with E-state index >= 15 is 0 Å². The van der Waals surface area contributed by atoms with Crippen molar-refractivity contribution < 1.29 is 4.74 Å². The molecular weight excluding hydrogens is 114 g/mol. The van der Waals surface area contributed by atoms with E-state index in [-0.39, 0.29) is 0 Å². The Balaban J connectivity index is 2.14. The van der Waals surface area contributed by atoms with Gasteiger partial charge in [-0.25, -0.2) is 0 Å². The highest BCUT2D eigenvalue weighted by atomic mass is 16.5. The van der Waals surface area contributed by atoms with E-state index in [4.69, 9.17) is 4.74 Å². The van der Waals surface area contributed by atoms with E-state index in [1.165, 1.54) is 0 Å². The topological polar surface area (TPSA) is 12.5 Å². The summed E-state index contributed by atoms with van der Waals surface area (Å²) in [4.78, 5) is 2.06. The SMILES string of the molecule is [CH2-]N1CC[C@@H](OCC)C1. The molecule has 1 aliphatic rings. The van der Waals surface area contributed by atoms with E-state index in [1.807, 2.05) is 6.92 Å². The average molecular weight is 128 g/mol. The number of likely N-dealkylation sites (tertiary alicyclic amines) is 1. The molecule has 0 N–H and O–H groups in total. The summed E-state index contributed by atoms with van der Waals surface area (Å²) >= 11 is 0. The van der Waals surface area contributed by atoms with Crippen molar-refractivity contribution >= 4 is 0 Å². The lowest BCUT2D eigenvalue weighted by Crippen LogP contribution is -2.17. The van der Waals surface area contributed by atoms with Gasteiger partial charge < -0.3 is 9.64 Å². The molecule has 0 unspecified atom stereocenters. The molecule has 54 valence electrons. The monoisotopic (exact) mass is 128 g/mol. The van der Waals surface area contributed by atoms with Gasteiger partial charge in [0.2, 0.25) is 0 Å². The minimum Gasteiger partial charge on any atom is -0.457 e. The van der Waals surface area contributed by atoms with Gasteiger partial charge in [0, 0.05) is 6.61 Å². The van der Waals surface area contributed by atoms with Crippen LogP contribution in [0.5, 0.6) is 0 Å². The zero-order valence-corrected chi connectivity index (χ0v) is 5.97. The van der Waals surface area contributed by atoms with E-state index in [0.717, 1.165) is 26.1 Å². The fourth-order valence-electron chi connectivity index (χ4n) is 1.17. The van der Waals surface area contributed by atoms with Gasteiger partial charge >= 0.3 is 0 Å². The fourth-order valence-corrected chi connectivity index (χ4v) is 1.17. The van der Waals surface area contributed by atoms with Crippen molar-refractivity contribution in [3.63, 3.8) is 0 Å². The molecule has 1 saturated heterocycles. The number of rotatable bonds is 2. The molecule has 2 heteroatoms. The van der Waals surface area contributed by atoms with Crippen molar-refractivity contribution in [2.24, 2.45) is 0 Å². The highest BCUT2D eigenvalue weighted by Crippen LogP contribution is 2.10. The molecule has 0 aromatic heterocycles. The summed E-state index contributed by atoms with van der Waals surface area (Å²) in [7, 11) is 3.82. The van der Waals surface area contributed by atoms with Crippen molar-refractivity contribution in [1.82, 2.24) is 4.90 Å². The van der Waals surface area contributed by atoms with Gasteiger partial charge in [-0.1, -0.05) is 0 Å². The molecule has 2 nitrogen and oxygen atoms in total. The molecule has 0 radical (unpaired) electrons. The summed E-state index contributed by atoms with van der Waals surface area (Å²) in [6.07, 6.45) is 1.60. The number of hydrogen-bond acceptors (Lipinski definition) is 2.